The number of hydrogen-bond acceptors (Lipinski definition) is 5. The van der Waals surface area contributed by atoms with Gasteiger partial charge in [0, 0.05) is 17.4 Å². The Hall–Kier alpha value is -0.790. The Morgan fingerprint density at radius 2 is 2.11 bits per heavy atom. The Morgan fingerprint density at radius 1 is 1.50 bits per heavy atom. The van der Waals surface area contributed by atoms with Gasteiger partial charge in [0.1, 0.15) is 4.90 Å². The number of hydrogen-bond donors (Lipinski definition) is 0. The number of nitro benzene ring substituents is 1. The molecule has 1 atom stereocenters. The van der Waals surface area contributed by atoms with Crippen molar-refractivity contribution in [2.75, 3.05) is 12.1 Å². The molecule has 8 heteroatoms. The van der Waals surface area contributed by atoms with Crippen molar-refractivity contribution < 1.29 is 13.3 Å². The third-order valence-electron chi connectivity index (χ3n) is 2.09. The van der Waals surface area contributed by atoms with Crippen molar-refractivity contribution in [1.82, 2.24) is 0 Å². The molecule has 0 radical (unpaired) electrons. The molecule has 1 aromatic rings. The van der Waals surface area contributed by atoms with Gasteiger partial charge in [0.05, 0.1) is 9.82 Å². The summed E-state index contributed by atoms with van der Waals surface area (Å²) in [6.07, 6.45) is 0.953. The second kappa shape index (κ2) is 5.90. The van der Waals surface area contributed by atoms with Crippen molar-refractivity contribution >= 4 is 38.9 Å². The Labute approximate surface area is 115 Å². The molecule has 1 unspecified atom stereocenters. The lowest BCUT2D eigenvalue weighted by Crippen LogP contribution is -2.05. The van der Waals surface area contributed by atoms with Gasteiger partial charge in [0.25, 0.3) is 0 Å². The van der Waals surface area contributed by atoms with E-state index in [9.17, 15) is 18.5 Å². The van der Waals surface area contributed by atoms with Crippen molar-refractivity contribution in [3.8, 4) is 0 Å². The van der Waals surface area contributed by atoms with Crippen molar-refractivity contribution in [3.63, 3.8) is 0 Å². The maximum absolute atomic E-state index is 11.5. The van der Waals surface area contributed by atoms with E-state index in [4.69, 9.17) is 11.6 Å². The van der Waals surface area contributed by atoms with E-state index in [0.717, 1.165) is 6.26 Å². The molecule has 0 N–H and O–H groups in total. The van der Waals surface area contributed by atoms with Crippen molar-refractivity contribution in [2.45, 2.75) is 22.0 Å². The molecule has 0 aliphatic carbocycles. The standard InChI is InChI=1S/C10H12ClNO4S2/c1-7(6-11)17-8-4-3-5-9(18(2,15)16)10(8)12(13)14/h3-5,7H,6H2,1-2H3. The summed E-state index contributed by atoms with van der Waals surface area (Å²) in [5.41, 5.74) is -0.373. The molecule has 0 spiro atoms. The number of rotatable bonds is 5. The second-order valence-corrected chi connectivity index (χ2v) is 7.49. The van der Waals surface area contributed by atoms with E-state index >= 15 is 0 Å². The van der Waals surface area contributed by atoms with Gasteiger partial charge in [-0.3, -0.25) is 10.1 Å². The number of sulfone groups is 1. The molecule has 0 bridgehead atoms. The first kappa shape index (κ1) is 15.3. The highest BCUT2D eigenvalue weighted by molar-refractivity contribution is 8.00. The number of alkyl halides is 1. The van der Waals surface area contributed by atoms with Crippen LogP contribution in [0.2, 0.25) is 0 Å². The predicted octanol–water partition coefficient (Wildman–Crippen LogP) is 2.72. The van der Waals surface area contributed by atoms with E-state index in [0.29, 0.717) is 10.8 Å². The lowest BCUT2D eigenvalue weighted by atomic mass is 10.3. The zero-order valence-corrected chi connectivity index (χ0v) is 12.2. The van der Waals surface area contributed by atoms with Crippen LogP contribution in [0.15, 0.2) is 28.0 Å². The van der Waals surface area contributed by atoms with E-state index in [1.54, 1.807) is 0 Å². The smallest absolute Gasteiger partial charge is 0.258 e. The van der Waals surface area contributed by atoms with Crippen LogP contribution in [0.4, 0.5) is 5.69 Å². The van der Waals surface area contributed by atoms with E-state index in [1.807, 2.05) is 6.92 Å². The van der Waals surface area contributed by atoms with Gasteiger partial charge in [-0.1, -0.05) is 13.0 Å². The van der Waals surface area contributed by atoms with Gasteiger partial charge in [0.15, 0.2) is 9.84 Å². The molecule has 1 aromatic carbocycles. The average Bonchev–Trinajstić information content (AvgIpc) is 2.27. The van der Waals surface area contributed by atoms with Crippen LogP contribution < -0.4 is 0 Å². The van der Waals surface area contributed by atoms with Crippen LogP contribution in [0.3, 0.4) is 0 Å². The first-order valence-corrected chi connectivity index (χ1v) is 8.28. The van der Waals surface area contributed by atoms with Crippen LogP contribution >= 0.6 is 23.4 Å². The Morgan fingerprint density at radius 3 is 2.56 bits per heavy atom. The molecule has 0 aliphatic heterocycles. The minimum absolute atomic E-state index is 0.0415. The van der Waals surface area contributed by atoms with Gasteiger partial charge in [-0.2, -0.15) is 0 Å². The first-order valence-electron chi connectivity index (χ1n) is 4.97. The molecule has 100 valence electrons. The summed E-state index contributed by atoms with van der Waals surface area (Å²) in [6, 6.07) is 4.26. The van der Waals surface area contributed by atoms with Crippen molar-refractivity contribution in [1.29, 1.82) is 0 Å². The predicted molar refractivity (Wildman–Crippen MR) is 72.2 cm³/mol. The van der Waals surface area contributed by atoms with Gasteiger partial charge in [-0.05, 0) is 12.1 Å². The van der Waals surface area contributed by atoms with Gasteiger partial charge in [0.2, 0.25) is 0 Å². The summed E-state index contributed by atoms with van der Waals surface area (Å²) >= 11 is 6.85. The van der Waals surface area contributed by atoms with Gasteiger partial charge >= 0.3 is 5.69 Å². The molecular weight excluding hydrogens is 298 g/mol. The highest BCUT2D eigenvalue weighted by atomic mass is 35.5. The van der Waals surface area contributed by atoms with Gasteiger partial charge < -0.3 is 0 Å². The Balaban J connectivity index is 3.40. The van der Waals surface area contributed by atoms with Crippen LogP contribution in [0.5, 0.6) is 0 Å². The lowest BCUT2D eigenvalue weighted by molar-refractivity contribution is -0.390. The summed E-state index contributed by atoms with van der Waals surface area (Å²) < 4.78 is 23.1. The molecule has 0 aromatic heterocycles. The summed E-state index contributed by atoms with van der Waals surface area (Å²) in [7, 11) is -3.63. The zero-order chi connectivity index (χ0) is 13.9. The molecule has 0 saturated carbocycles. The van der Waals surface area contributed by atoms with Crippen LogP contribution in [0.25, 0.3) is 0 Å². The van der Waals surface area contributed by atoms with Crippen molar-refractivity contribution in [3.05, 3.63) is 28.3 Å². The molecule has 5 nitrogen and oxygen atoms in total. The average molecular weight is 310 g/mol. The zero-order valence-electron chi connectivity index (χ0n) is 9.79. The Bertz CT molecular complexity index is 559. The summed E-state index contributed by atoms with van der Waals surface area (Å²) in [5.74, 6) is 0.324. The monoisotopic (exact) mass is 309 g/mol. The SMILES string of the molecule is CC(CCl)Sc1cccc(S(C)(=O)=O)c1[N+](=O)[O-]. The maximum Gasteiger partial charge on any atom is 0.301 e. The second-order valence-electron chi connectivity index (χ2n) is 3.71. The van der Waals surface area contributed by atoms with E-state index < -0.39 is 14.8 Å². The molecule has 0 fully saturated rings. The third kappa shape index (κ3) is 3.60. The Kier molecular flexibility index (Phi) is 5.01. The fourth-order valence-corrected chi connectivity index (χ4v) is 3.39. The topological polar surface area (TPSA) is 77.3 Å². The summed E-state index contributed by atoms with van der Waals surface area (Å²) in [4.78, 5) is 10.4. The molecule has 1 rings (SSSR count). The van der Waals surface area contributed by atoms with Crippen molar-refractivity contribution in [2.24, 2.45) is 0 Å². The maximum atomic E-state index is 11.5. The number of thioether (sulfide) groups is 1. The van der Waals surface area contributed by atoms with Gasteiger partial charge in [-0.25, -0.2) is 8.42 Å². The molecule has 0 saturated heterocycles. The molecule has 0 aliphatic rings. The van der Waals surface area contributed by atoms with Crippen LogP contribution in [-0.2, 0) is 9.84 Å². The van der Waals surface area contributed by atoms with Crippen LogP contribution in [-0.4, -0.2) is 30.7 Å². The molecule has 0 amide bonds. The quantitative estimate of drug-likeness (QED) is 0.362. The minimum Gasteiger partial charge on any atom is -0.258 e. The summed E-state index contributed by atoms with van der Waals surface area (Å²) in [5, 5.41) is 11.0. The fraction of sp³-hybridized carbons (Fsp3) is 0.400. The highest BCUT2D eigenvalue weighted by Crippen LogP contribution is 2.36. The first-order chi connectivity index (χ1) is 8.27. The molecule has 18 heavy (non-hydrogen) atoms. The van der Waals surface area contributed by atoms with E-state index in [2.05, 4.69) is 0 Å². The van der Waals surface area contributed by atoms with E-state index in [1.165, 1.54) is 30.0 Å². The van der Waals surface area contributed by atoms with Crippen LogP contribution in [0.1, 0.15) is 6.92 Å². The molecule has 0 heterocycles. The van der Waals surface area contributed by atoms with Crippen LogP contribution in [0, 0.1) is 10.1 Å². The number of para-hydroxylation sites is 1. The fourth-order valence-electron chi connectivity index (χ4n) is 1.32. The highest BCUT2D eigenvalue weighted by Gasteiger charge is 2.26. The normalized spacial score (nSPS) is 13.3. The number of nitro groups is 1. The minimum atomic E-state index is -3.63. The summed E-state index contributed by atoms with van der Waals surface area (Å²) in [6.45, 7) is 1.81. The third-order valence-corrected chi connectivity index (χ3v) is 5.02. The number of halogens is 1. The lowest BCUT2D eigenvalue weighted by Gasteiger charge is -2.09. The largest absolute Gasteiger partial charge is 0.301 e. The molecular formula is C10H12ClNO4S2. The number of benzene rings is 1. The number of nitrogens with zero attached hydrogens (tertiary/aromatic N) is 1. The van der Waals surface area contributed by atoms with Gasteiger partial charge in [-0.15, -0.1) is 23.4 Å². The van der Waals surface area contributed by atoms with E-state index in [-0.39, 0.29) is 15.8 Å².